The molecule has 0 aliphatic heterocycles. The molecule has 5 heteroatoms. The van der Waals surface area contributed by atoms with Gasteiger partial charge in [-0.25, -0.2) is 9.97 Å². The van der Waals surface area contributed by atoms with Gasteiger partial charge in [0.1, 0.15) is 11.0 Å². The molecule has 0 saturated heterocycles. The molecule has 0 aliphatic rings. The zero-order valence-corrected chi connectivity index (χ0v) is 8.73. The molecule has 0 unspecified atom stereocenters. The number of carbonyl (C=O) groups excluding carboxylic acids is 1. The standard InChI is InChI=1S/C8H8Cl2N2O/c1-4(2)8-11-3-5(7(10)13)6(9)12-8/h3-4H,1-2H3. The second-order valence-electron chi connectivity index (χ2n) is 2.86. The molecule has 13 heavy (non-hydrogen) atoms. The Hall–Kier alpha value is -0.670. The number of carbonyl (C=O) groups is 1. The van der Waals surface area contributed by atoms with Crippen molar-refractivity contribution in [1.82, 2.24) is 9.97 Å². The highest BCUT2D eigenvalue weighted by Crippen LogP contribution is 2.17. The zero-order chi connectivity index (χ0) is 10.0. The van der Waals surface area contributed by atoms with Gasteiger partial charge in [-0.1, -0.05) is 25.4 Å². The molecule has 1 heterocycles. The number of nitrogens with zero attached hydrogens (tertiary/aromatic N) is 2. The molecule has 0 radical (unpaired) electrons. The minimum atomic E-state index is -0.639. The first-order valence-corrected chi connectivity index (χ1v) is 4.50. The Morgan fingerprint density at radius 2 is 2.15 bits per heavy atom. The van der Waals surface area contributed by atoms with E-state index in [1.165, 1.54) is 6.20 Å². The van der Waals surface area contributed by atoms with Crippen molar-refractivity contribution < 1.29 is 4.79 Å². The van der Waals surface area contributed by atoms with Gasteiger partial charge in [0.15, 0.2) is 0 Å². The second kappa shape index (κ2) is 4.03. The van der Waals surface area contributed by atoms with Gasteiger partial charge in [-0.3, -0.25) is 4.79 Å². The van der Waals surface area contributed by atoms with Crippen LogP contribution in [0.15, 0.2) is 6.20 Å². The third-order valence-corrected chi connectivity index (χ3v) is 1.98. The predicted octanol–water partition coefficient (Wildman–Crippen LogP) is 2.63. The molecule has 3 nitrogen and oxygen atoms in total. The van der Waals surface area contributed by atoms with Crippen LogP contribution >= 0.6 is 23.2 Å². The van der Waals surface area contributed by atoms with E-state index in [1.54, 1.807) is 0 Å². The maximum atomic E-state index is 10.7. The molecule has 0 N–H and O–H groups in total. The van der Waals surface area contributed by atoms with Crippen LogP contribution in [0.2, 0.25) is 5.15 Å². The van der Waals surface area contributed by atoms with E-state index in [0.717, 1.165) is 0 Å². The molecule has 0 amide bonds. The molecule has 1 aromatic rings. The molecular weight excluding hydrogens is 211 g/mol. The first kappa shape index (κ1) is 10.4. The zero-order valence-electron chi connectivity index (χ0n) is 7.21. The molecule has 0 bridgehead atoms. The highest BCUT2D eigenvalue weighted by atomic mass is 35.5. The maximum Gasteiger partial charge on any atom is 0.257 e. The van der Waals surface area contributed by atoms with Gasteiger partial charge in [-0.15, -0.1) is 0 Å². The average Bonchev–Trinajstić information content (AvgIpc) is 2.03. The summed E-state index contributed by atoms with van der Waals surface area (Å²) in [6, 6.07) is 0. The SMILES string of the molecule is CC(C)c1ncc(C(=O)Cl)c(Cl)n1. The van der Waals surface area contributed by atoms with Crippen LogP contribution in [0.25, 0.3) is 0 Å². The van der Waals surface area contributed by atoms with Gasteiger partial charge >= 0.3 is 0 Å². The third-order valence-electron chi connectivity index (χ3n) is 1.49. The number of hydrogen-bond acceptors (Lipinski definition) is 3. The molecule has 0 fully saturated rings. The van der Waals surface area contributed by atoms with Gasteiger partial charge in [-0.2, -0.15) is 0 Å². The first-order valence-electron chi connectivity index (χ1n) is 3.74. The van der Waals surface area contributed by atoms with E-state index in [9.17, 15) is 4.79 Å². The number of halogens is 2. The fourth-order valence-corrected chi connectivity index (χ4v) is 1.19. The van der Waals surface area contributed by atoms with Crippen LogP contribution in [0.1, 0.15) is 35.9 Å². The topological polar surface area (TPSA) is 42.9 Å². The lowest BCUT2D eigenvalue weighted by atomic mass is 10.2. The second-order valence-corrected chi connectivity index (χ2v) is 3.56. The molecule has 0 aromatic carbocycles. The molecule has 0 spiro atoms. The Bertz CT molecular complexity index is 339. The van der Waals surface area contributed by atoms with Gasteiger partial charge < -0.3 is 0 Å². The van der Waals surface area contributed by atoms with Gasteiger partial charge in [0.2, 0.25) is 0 Å². The molecule has 0 aliphatic carbocycles. The summed E-state index contributed by atoms with van der Waals surface area (Å²) >= 11 is 10.9. The summed E-state index contributed by atoms with van der Waals surface area (Å²) in [6.07, 6.45) is 1.35. The van der Waals surface area contributed by atoms with Gasteiger partial charge in [0.25, 0.3) is 5.24 Å². The smallest absolute Gasteiger partial charge is 0.257 e. The van der Waals surface area contributed by atoms with Crippen LogP contribution in [0.3, 0.4) is 0 Å². The summed E-state index contributed by atoms with van der Waals surface area (Å²) in [7, 11) is 0. The van der Waals surface area contributed by atoms with E-state index in [0.29, 0.717) is 5.82 Å². The first-order chi connectivity index (χ1) is 6.02. The quantitative estimate of drug-likeness (QED) is 0.567. The van der Waals surface area contributed by atoms with Crippen molar-refractivity contribution >= 4 is 28.4 Å². The number of hydrogen-bond donors (Lipinski definition) is 0. The lowest BCUT2D eigenvalue weighted by molar-refractivity contribution is 0.108. The Balaban J connectivity index is 3.13. The largest absolute Gasteiger partial charge is 0.275 e. The van der Waals surface area contributed by atoms with E-state index in [2.05, 4.69) is 9.97 Å². The highest BCUT2D eigenvalue weighted by molar-refractivity contribution is 6.68. The highest BCUT2D eigenvalue weighted by Gasteiger charge is 2.11. The summed E-state index contributed by atoms with van der Waals surface area (Å²) in [6.45, 7) is 3.88. The van der Waals surface area contributed by atoms with E-state index in [4.69, 9.17) is 23.2 Å². The summed E-state index contributed by atoms with van der Waals surface area (Å²) in [5.74, 6) is 0.781. The molecule has 0 atom stereocenters. The van der Waals surface area contributed by atoms with Crippen molar-refractivity contribution in [2.45, 2.75) is 19.8 Å². The maximum absolute atomic E-state index is 10.7. The van der Waals surface area contributed by atoms with Crippen LogP contribution < -0.4 is 0 Å². The Kier molecular flexibility index (Phi) is 3.22. The third kappa shape index (κ3) is 2.39. The van der Waals surface area contributed by atoms with Crippen LogP contribution in [-0.4, -0.2) is 15.2 Å². The van der Waals surface area contributed by atoms with Crippen molar-refractivity contribution in [3.05, 3.63) is 22.7 Å². The Labute approximate surface area is 86.1 Å². The monoisotopic (exact) mass is 218 g/mol. The van der Waals surface area contributed by atoms with Crippen LogP contribution in [0.5, 0.6) is 0 Å². The average molecular weight is 219 g/mol. The number of rotatable bonds is 2. The van der Waals surface area contributed by atoms with Gasteiger partial charge in [-0.05, 0) is 11.6 Å². The summed E-state index contributed by atoms with van der Waals surface area (Å²) in [5.41, 5.74) is 0.146. The van der Waals surface area contributed by atoms with Crippen molar-refractivity contribution in [2.75, 3.05) is 0 Å². The minimum absolute atomic E-state index is 0.110. The predicted molar refractivity (Wildman–Crippen MR) is 51.3 cm³/mol. The molecule has 1 aromatic heterocycles. The Morgan fingerprint density at radius 3 is 2.54 bits per heavy atom. The lowest BCUT2D eigenvalue weighted by Gasteiger charge is -2.04. The van der Waals surface area contributed by atoms with Gasteiger partial charge in [0, 0.05) is 12.1 Å². The van der Waals surface area contributed by atoms with Crippen molar-refractivity contribution in [1.29, 1.82) is 0 Å². The van der Waals surface area contributed by atoms with Crippen molar-refractivity contribution in [3.8, 4) is 0 Å². The van der Waals surface area contributed by atoms with E-state index >= 15 is 0 Å². The van der Waals surface area contributed by atoms with Crippen LogP contribution in [0.4, 0.5) is 0 Å². The lowest BCUT2D eigenvalue weighted by Crippen LogP contribution is -2.01. The fourth-order valence-electron chi connectivity index (χ4n) is 0.784. The Morgan fingerprint density at radius 1 is 1.54 bits per heavy atom. The summed E-state index contributed by atoms with van der Waals surface area (Å²) in [5, 5.41) is -0.529. The molecule has 1 rings (SSSR count). The van der Waals surface area contributed by atoms with Crippen LogP contribution in [-0.2, 0) is 0 Å². The van der Waals surface area contributed by atoms with Crippen LogP contribution in [0, 0.1) is 0 Å². The van der Waals surface area contributed by atoms with Crippen molar-refractivity contribution in [3.63, 3.8) is 0 Å². The molecule has 0 saturated carbocycles. The minimum Gasteiger partial charge on any atom is -0.275 e. The molecule has 70 valence electrons. The van der Waals surface area contributed by atoms with E-state index < -0.39 is 5.24 Å². The molecular formula is C8H8Cl2N2O. The van der Waals surface area contributed by atoms with Gasteiger partial charge in [0.05, 0.1) is 5.56 Å². The number of aromatic nitrogens is 2. The van der Waals surface area contributed by atoms with E-state index in [1.807, 2.05) is 13.8 Å². The summed E-state index contributed by atoms with van der Waals surface area (Å²) in [4.78, 5) is 18.7. The normalized spacial score (nSPS) is 10.5. The fraction of sp³-hybridized carbons (Fsp3) is 0.375. The summed E-state index contributed by atoms with van der Waals surface area (Å²) < 4.78 is 0. The van der Waals surface area contributed by atoms with Crippen molar-refractivity contribution in [2.24, 2.45) is 0 Å². The van der Waals surface area contributed by atoms with E-state index in [-0.39, 0.29) is 16.6 Å².